The number of hydrogen-bond donors (Lipinski definition) is 2. The third kappa shape index (κ3) is 9.91. The van der Waals surface area contributed by atoms with Gasteiger partial charge in [0.05, 0.1) is 6.54 Å². The highest BCUT2D eigenvalue weighted by molar-refractivity contribution is 14.0. The van der Waals surface area contributed by atoms with Crippen LogP contribution in [0.15, 0.2) is 29.3 Å². The number of rotatable bonds is 7. The minimum absolute atomic E-state index is 0. The maximum absolute atomic E-state index is 13.5. The van der Waals surface area contributed by atoms with Crippen molar-refractivity contribution in [3.05, 3.63) is 35.6 Å². The molecule has 2 N–H and O–H groups in total. The topological polar surface area (TPSA) is 39.7 Å². The van der Waals surface area contributed by atoms with Crippen molar-refractivity contribution in [3.63, 3.8) is 0 Å². The monoisotopic (exact) mass is 462 g/mol. The van der Waals surface area contributed by atoms with E-state index in [0.29, 0.717) is 31.0 Å². The van der Waals surface area contributed by atoms with E-state index in [2.05, 4.69) is 15.6 Å². The third-order valence-electron chi connectivity index (χ3n) is 3.10. The number of benzene rings is 1. The van der Waals surface area contributed by atoms with Crippen molar-refractivity contribution in [1.82, 2.24) is 15.5 Å². The van der Waals surface area contributed by atoms with Crippen molar-refractivity contribution < 1.29 is 17.6 Å². The number of aliphatic imine (C=N–C) groups is 1. The predicted molar refractivity (Wildman–Crippen MR) is 98.4 cm³/mol. The summed E-state index contributed by atoms with van der Waals surface area (Å²) in [5.41, 5.74) is 0.598. The Bertz CT molecular complexity index is 508. The van der Waals surface area contributed by atoms with Gasteiger partial charge < -0.3 is 10.6 Å². The normalized spacial score (nSPS) is 12.0. The molecule has 0 aliphatic heterocycles. The molecule has 24 heavy (non-hydrogen) atoms. The fourth-order valence-corrected chi connectivity index (χ4v) is 1.99. The Hall–Kier alpha value is -1.10. The smallest absolute Gasteiger partial charge is 0.356 e. The molecule has 0 atom stereocenters. The molecule has 1 aromatic carbocycles. The molecule has 0 amide bonds. The van der Waals surface area contributed by atoms with Crippen LogP contribution in [0.3, 0.4) is 0 Å². The number of hydrogen-bond acceptors (Lipinski definition) is 2. The predicted octanol–water partition coefficient (Wildman–Crippen LogP) is 2.65. The van der Waals surface area contributed by atoms with Crippen LogP contribution in [0, 0.1) is 5.82 Å². The van der Waals surface area contributed by atoms with Gasteiger partial charge in [-0.05, 0) is 25.1 Å². The van der Waals surface area contributed by atoms with E-state index in [1.807, 2.05) is 0 Å². The Morgan fingerprint density at radius 3 is 2.38 bits per heavy atom. The molecule has 4 nitrogen and oxygen atoms in total. The summed E-state index contributed by atoms with van der Waals surface area (Å²) >= 11 is 0. The molecule has 1 aromatic rings. The van der Waals surface area contributed by atoms with Crippen molar-refractivity contribution in [2.75, 3.05) is 40.3 Å². The van der Waals surface area contributed by atoms with Crippen LogP contribution in [-0.2, 0) is 6.42 Å². The molecule has 0 aliphatic rings. The standard InChI is InChI=1S/C15H22F4N4.HI/c1-20-14(22-9-10-23(2)11-15(17,18)19)21-8-7-12-5-3-4-6-13(12)16;/h3-6H,7-11H2,1-2H3,(H2,20,21,22);1H. The van der Waals surface area contributed by atoms with Crippen LogP contribution in [0.5, 0.6) is 0 Å². The lowest BCUT2D eigenvalue weighted by Gasteiger charge is -2.19. The van der Waals surface area contributed by atoms with Crippen LogP contribution < -0.4 is 10.6 Å². The summed E-state index contributed by atoms with van der Waals surface area (Å²) in [6, 6.07) is 6.50. The Balaban J connectivity index is 0.00000529. The zero-order chi connectivity index (χ0) is 17.3. The molecule has 9 heteroatoms. The molecule has 0 spiro atoms. The molecular weight excluding hydrogens is 439 g/mol. The first kappa shape index (κ1) is 22.9. The van der Waals surface area contributed by atoms with E-state index in [1.54, 1.807) is 25.2 Å². The van der Waals surface area contributed by atoms with Crippen LogP contribution in [0.1, 0.15) is 5.56 Å². The fraction of sp³-hybridized carbons (Fsp3) is 0.533. The number of nitrogens with one attached hydrogen (secondary N) is 2. The molecule has 138 valence electrons. The second-order valence-electron chi connectivity index (χ2n) is 5.12. The van der Waals surface area contributed by atoms with Gasteiger partial charge in [0.25, 0.3) is 0 Å². The van der Waals surface area contributed by atoms with Gasteiger partial charge in [0.1, 0.15) is 5.82 Å². The third-order valence-corrected chi connectivity index (χ3v) is 3.10. The average molecular weight is 462 g/mol. The van der Waals surface area contributed by atoms with Crippen molar-refractivity contribution in [3.8, 4) is 0 Å². The first-order valence-electron chi connectivity index (χ1n) is 7.25. The molecule has 0 saturated carbocycles. The Labute approximate surface area is 156 Å². The Morgan fingerprint density at radius 2 is 1.79 bits per heavy atom. The molecule has 1 rings (SSSR count). The van der Waals surface area contributed by atoms with Gasteiger partial charge in [0.2, 0.25) is 0 Å². The number of guanidine groups is 1. The minimum Gasteiger partial charge on any atom is -0.356 e. The van der Waals surface area contributed by atoms with Gasteiger partial charge in [0, 0.05) is 26.7 Å². The van der Waals surface area contributed by atoms with E-state index in [4.69, 9.17) is 0 Å². The van der Waals surface area contributed by atoms with Crippen molar-refractivity contribution >= 4 is 29.9 Å². The minimum atomic E-state index is -4.20. The second-order valence-corrected chi connectivity index (χ2v) is 5.12. The SMILES string of the molecule is CN=C(NCCc1ccccc1F)NCCN(C)CC(F)(F)F.I. The summed E-state index contributed by atoms with van der Waals surface area (Å²) in [5, 5.41) is 5.92. The summed E-state index contributed by atoms with van der Waals surface area (Å²) in [5.74, 6) is 0.216. The molecule has 0 aromatic heterocycles. The molecule has 0 fully saturated rings. The van der Waals surface area contributed by atoms with Crippen LogP contribution >= 0.6 is 24.0 Å². The van der Waals surface area contributed by atoms with E-state index in [-0.39, 0.29) is 36.3 Å². The molecule has 0 bridgehead atoms. The lowest BCUT2D eigenvalue weighted by Crippen LogP contribution is -2.43. The quantitative estimate of drug-likeness (QED) is 0.284. The van der Waals surface area contributed by atoms with Gasteiger partial charge in [-0.3, -0.25) is 9.89 Å². The van der Waals surface area contributed by atoms with E-state index in [1.165, 1.54) is 18.0 Å². The lowest BCUT2D eigenvalue weighted by molar-refractivity contribution is -0.142. The Kier molecular flexibility index (Phi) is 10.9. The summed E-state index contributed by atoms with van der Waals surface area (Å²) in [7, 11) is 2.97. The van der Waals surface area contributed by atoms with Crippen molar-refractivity contribution in [1.29, 1.82) is 0 Å². The van der Waals surface area contributed by atoms with Crippen LogP contribution in [0.25, 0.3) is 0 Å². The van der Waals surface area contributed by atoms with E-state index >= 15 is 0 Å². The van der Waals surface area contributed by atoms with Crippen LogP contribution in [0.2, 0.25) is 0 Å². The van der Waals surface area contributed by atoms with Crippen molar-refractivity contribution in [2.45, 2.75) is 12.6 Å². The first-order valence-corrected chi connectivity index (χ1v) is 7.25. The van der Waals surface area contributed by atoms with Crippen LogP contribution in [-0.4, -0.2) is 57.3 Å². The molecule has 0 aliphatic carbocycles. The van der Waals surface area contributed by atoms with Gasteiger partial charge in [-0.1, -0.05) is 18.2 Å². The molecule has 0 heterocycles. The van der Waals surface area contributed by atoms with E-state index in [9.17, 15) is 17.6 Å². The molecule has 0 saturated heterocycles. The lowest BCUT2D eigenvalue weighted by atomic mass is 10.1. The summed E-state index contributed by atoms with van der Waals surface area (Å²) < 4.78 is 50.0. The van der Waals surface area contributed by atoms with Crippen molar-refractivity contribution in [2.24, 2.45) is 4.99 Å². The van der Waals surface area contributed by atoms with Gasteiger partial charge in [-0.2, -0.15) is 13.2 Å². The number of likely N-dealkylation sites (N-methyl/N-ethyl adjacent to an activating group) is 1. The summed E-state index contributed by atoms with van der Waals surface area (Å²) in [6.07, 6.45) is -3.71. The van der Waals surface area contributed by atoms with Gasteiger partial charge in [-0.25, -0.2) is 4.39 Å². The molecule has 0 unspecified atom stereocenters. The highest BCUT2D eigenvalue weighted by atomic mass is 127. The van der Waals surface area contributed by atoms with E-state index < -0.39 is 12.7 Å². The number of halogens is 5. The molecule has 0 radical (unpaired) electrons. The number of nitrogens with zero attached hydrogens (tertiary/aromatic N) is 2. The zero-order valence-corrected chi connectivity index (χ0v) is 16.0. The highest BCUT2D eigenvalue weighted by Gasteiger charge is 2.28. The fourth-order valence-electron chi connectivity index (χ4n) is 1.99. The first-order chi connectivity index (χ1) is 10.8. The second kappa shape index (κ2) is 11.5. The van der Waals surface area contributed by atoms with Gasteiger partial charge in [0.15, 0.2) is 5.96 Å². The average Bonchev–Trinajstić information content (AvgIpc) is 2.45. The summed E-state index contributed by atoms with van der Waals surface area (Å²) in [4.78, 5) is 5.15. The highest BCUT2D eigenvalue weighted by Crippen LogP contribution is 2.14. The zero-order valence-electron chi connectivity index (χ0n) is 13.7. The summed E-state index contributed by atoms with van der Waals surface area (Å²) in [6.45, 7) is 0.0759. The largest absolute Gasteiger partial charge is 0.401 e. The van der Waals surface area contributed by atoms with Gasteiger partial charge >= 0.3 is 6.18 Å². The Morgan fingerprint density at radius 1 is 1.17 bits per heavy atom. The van der Waals surface area contributed by atoms with Crippen LogP contribution in [0.4, 0.5) is 17.6 Å². The molecular formula is C15H23F4IN4. The maximum atomic E-state index is 13.5. The number of alkyl halides is 3. The van der Waals surface area contributed by atoms with E-state index in [0.717, 1.165) is 0 Å². The van der Waals surface area contributed by atoms with Gasteiger partial charge in [-0.15, -0.1) is 24.0 Å². The maximum Gasteiger partial charge on any atom is 0.401 e.